The number of anilines is 1. The minimum atomic E-state index is -0.445. The predicted octanol–water partition coefficient (Wildman–Crippen LogP) is 5.16. The van der Waals surface area contributed by atoms with E-state index in [1.165, 1.54) is 0 Å². The van der Waals surface area contributed by atoms with E-state index in [1.54, 1.807) is 6.20 Å². The smallest absolute Gasteiger partial charge is 0.251 e. The molecule has 0 bridgehead atoms. The molecular weight excluding hydrogens is 310 g/mol. The first kappa shape index (κ1) is 18.5. The van der Waals surface area contributed by atoms with Gasteiger partial charge in [-0.3, -0.25) is 9.79 Å². The number of carbonyl (C=O) groups excluding carboxylic acids is 1. The minimum absolute atomic E-state index is 0.233. The van der Waals surface area contributed by atoms with Gasteiger partial charge in [0.2, 0.25) is 0 Å². The number of nitrogens with two attached hydrogens (primary N) is 1. The molecule has 4 heteroatoms. The van der Waals surface area contributed by atoms with Crippen LogP contribution in [0, 0.1) is 6.92 Å². The van der Waals surface area contributed by atoms with Crippen LogP contribution in [0.3, 0.4) is 0 Å². The number of benzene rings is 2. The Morgan fingerprint density at radius 1 is 1.40 bits per heavy atom. The van der Waals surface area contributed by atoms with Gasteiger partial charge in [0.15, 0.2) is 0 Å². The zero-order chi connectivity index (χ0) is 18.6. The summed E-state index contributed by atoms with van der Waals surface area (Å²) in [5, 5.41) is 3.15. The average molecular weight is 335 g/mol. The number of carbonyl (C=O) groups is 1. The molecule has 4 nitrogen and oxygen atoms in total. The highest BCUT2D eigenvalue weighted by Gasteiger charge is 2.23. The van der Waals surface area contributed by atoms with E-state index in [4.69, 9.17) is 5.73 Å². The lowest BCUT2D eigenvalue weighted by Crippen LogP contribution is -2.17. The van der Waals surface area contributed by atoms with Crippen molar-refractivity contribution >= 4 is 24.0 Å². The molecule has 1 amide bonds. The van der Waals surface area contributed by atoms with Crippen LogP contribution in [0.25, 0.3) is 11.1 Å². The zero-order valence-corrected chi connectivity index (χ0v) is 15.1. The van der Waals surface area contributed by atoms with Crippen LogP contribution in [0.4, 0.5) is 11.4 Å². The van der Waals surface area contributed by atoms with Crippen molar-refractivity contribution in [2.24, 2.45) is 10.7 Å². The first-order valence-corrected chi connectivity index (χ1v) is 8.36. The highest BCUT2D eigenvalue weighted by Crippen LogP contribution is 2.41. The molecular formula is C21H25N3O. The fraction of sp³-hybridized carbons (Fsp3) is 0.238. The van der Waals surface area contributed by atoms with E-state index in [0.717, 1.165) is 40.0 Å². The lowest BCUT2D eigenvalue weighted by Gasteiger charge is -2.24. The Balaban J connectivity index is 2.89. The van der Waals surface area contributed by atoms with E-state index in [2.05, 4.69) is 37.5 Å². The van der Waals surface area contributed by atoms with Crippen LogP contribution >= 0.6 is 0 Å². The summed E-state index contributed by atoms with van der Waals surface area (Å²) in [7, 11) is 0. The fourth-order valence-electron chi connectivity index (χ4n) is 3.13. The van der Waals surface area contributed by atoms with Gasteiger partial charge in [-0.1, -0.05) is 38.6 Å². The van der Waals surface area contributed by atoms with Crippen LogP contribution in [-0.2, 0) is 0 Å². The maximum Gasteiger partial charge on any atom is 0.251 e. The Bertz CT molecular complexity index is 824. The van der Waals surface area contributed by atoms with Gasteiger partial charge < -0.3 is 11.1 Å². The van der Waals surface area contributed by atoms with E-state index >= 15 is 0 Å². The van der Waals surface area contributed by atoms with Gasteiger partial charge in [0.1, 0.15) is 0 Å². The highest BCUT2D eigenvalue weighted by atomic mass is 16.1. The minimum Gasteiger partial charge on any atom is -0.366 e. The van der Waals surface area contributed by atoms with Gasteiger partial charge in [-0.15, -0.1) is 0 Å². The third-order valence-electron chi connectivity index (χ3n) is 4.50. The third-order valence-corrected chi connectivity index (χ3v) is 4.50. The lowest BCUT2D eigenvalue weighted by atomic mass is 9.84. The number of aryl methyl sites for hydroxylation is 1. The Kier molecular flexibility index (Phi) is 5.75. The molecule has 3 N–H and O–H groups in total. The van der Waals surface area contributed by atoms with Crippen LogP contribution in [0.5, 0.6) is 0 Å². The highest BCUT2D eigenvalue weighted by molar-refractivity contribution is 6.02. The number of rotatable bonds is 7. The van der Waals surface area contributed by atoms with E-state index in [0.29, 0.717) is 5.56 Å². The summed E-state index contributed by atoms with van der Waals surface area (Å²) in [6.07, 6.45) is 2.51. The van der Waals surface area contributed by atoms with E-state index in [1.807, 2.05) is 37.3 Å². The summed E-state index contributed by atoms with van der Waals surface area (Å²) < 4.78 is 0. The molecule has 0 saturated carbocycles. The standard InChI is InChI=1S/C21H25N3O/c1-6-13(3)18-17(15-9-8-10-16(12-15)23-5)11-14(4)19(21(22)25)20(18)24-7-2/h7-13,24H,2,5-6H2,1,3-4H3,(H2,22,25). The molecule has 0 radical (unpaired) electrons. The molecule has 0 heterocycles. The molecule has 2 rings (SSSR count). The molecule has 130 valence electrons. The van der Waals surface area contributed by atoms with Crippen molar-refractivity contribution in [1.29, 1.82) is 0 Å². The molecule has 0 aliphatic rings. The number of nitrogens with one attached hydrogen (secondary N) is 1. The zero-order valence-electron chi connectivity index (χ0n) is 15.1. The Labute approximate surface area is 149 Å². The number of aliphatic imine (C=N–C) groups is 1. The molecule has 0 saturated heterocycles. The topological polar surface area (TPSA) is 67.5 Å². The summed E-state index contributed by atoms with van der Waals surface area (Å²) in [5.41, 5.74) is 11.7. The van der Waals surface area contributed by atoms with E-state index in [-0.39, 0.29) is 5.92 Å². The van der Waals surface area contributed by atoms with Crippen molar-refractivity contribution < 1.29 is 4.79 Å². The van der Waals surface area contributed by atoms with Gasteiger partial charge in [0, 0.05) is 0 Å². The molecule has 0 aliphatic heterocycles. The lowest BCUT2D eigenvalue weighted by molar-refractivity contribution is 0.100. The second-order valence-electron chi connectivity index (χ2n) is 6.14. The molecule has 1 atom stereocenters. The number of hydrogen-bond donors (Lipinski definition) is 2. The normalized spacial score (nSPS) is 11.6. The summed E-state index contributed by atoms with van der Waals surface area (Å²) in [6.45, 7) is 13.5. The summed E-state index contributed by atoms with van der Waals surface area (Å²) in [6, 6.07) is 9.93. The number of primary amides is 1. The summed E-state index contributed by atoms with van der Waals surface area (Å²) >= 11 is 0. The monoisotopic (exact) mass is 335 g/mol. The molecule has 0 aliphatic carbocycles. The number of hydrogen-bond acceptors (Lipinski definition) is 3. The Hall–Kier alpha value is -2.88. The van der Waals surface area contributed by atoms with Crippen molar-refractivity contribution in [3.05, 3.63) is 59.8 Å². The van der Waals surface area contributed by atoms with Gasteiger partial charge in [0.25, 0.3) is 5.91 Å². The van der Waals surface area contributed by atoms with Gasteiger partial charge in [-0.05, 0) is 66.6 Å². The maximum absolute atomic E-state index is 12.1. The van der Waals surface area contributed by atoms with Crippen molar-refractivity contribution in [2.75, 3.05) is 5.32 Å². The van der Waals surface area contributed by atoms with Crippen molar-refractivity contribution in [3.8, 4) is 11.1 Å². The molecule has 0 spiro atoms. The van der Waals surface area contributed by atoms with Crippen molar-refractivity contribution in [1.82, 2.24) is 0 Å². The molecule has 2 aromatic carbocycles. The Morgan fingerprint density at radius 2 is 2.12 bits per heavy atom. The SMILES string of the molecule is C=CNc1c(C(N)=O)c(C)cc(-c2cccc(N=C)c2)c1C(C)CC. The molecule has 2 aromatic rings. The molecule has 1 unspecified atom stereocenters. The summed E-state index contributed by atoms with van der Waals surface area (Å²) in [4.78, 5) is 16.1. The van der Waals surface area contributed by atoms with Crippen LogP contribution < -0.4 is 11.1 Å². The second kappa shape index (κ2) is 7.79. The van der Waals surface area contributed by atoms with Gasteiger partial charge in [-0.25, -0.2) is 0 Å². The van der Waals surface area contributed by atoms with Crippen LogP contribution in [-0.4, -0.2) is 12.6 Å². The van der Waals surface area contributed by atoms with Crippen LogP contribution in [0.2, 0.25) is 0 Å². The predicted molar refractivity (Wildman–Crippen MR) is 107 cm³/mol. The number of nitrogens with zero attached hydrogens (tertiary/aromatic N) is 1. The van der Waals surface area contributed by atoms with Crippen LogP contribution in [0.1, 0.15) is 47.7 Å². The molecule has 0 fully saturated rings. The van der Waals surface area contributed by atoms with E-state index in [9.17, 15) is 4.79 Å². The van der Waals surface area contributed by atoms with Gasteiger partial charge in [0.05, 0.1) is 16.9 Å². The van der Waals surface area contributed by atoms with Gasteiger partial charge in [-0.2, -0.15) is 0 Å². The molecule has 0 aromatic heterocycles. The second-order valence-corrected chi connectivity index (χ2v) is 6.14. The fourth-order valence-corrected chi connectivity index (χ4v) is 3.13. The van der Waals surface area contributed by atoms with Crippen molar-refractivity contribution in [3.63, 3.8) is 0 Å². The third kappa shape index (κ3) is 3.63. The average Bonchev–Trinajstić information content (AvgIpc) is 2.60. The maximum atomic E-state index is 12.1. The van der Waals surface area contributed by atoms with Gasteiger partial charge >= 0.3 is 0 Å². The number of amides is 1. The Morgan fingerprint density at radius 3 is 2.68 bits per heavy atom. The summed E-state index contributed by atoms with van der Waals surface area (Å²) in [5.74, 6) is -0.212. The quantitative estimate of drug-likeness (QED) is 0.686. The van der Waals surface area contributed by atoms with Crippen LogP contribution in [0.15, 0.2) is 48.1 Å². The first-order chi connectivity index (χ1) is 11.9. The van der Waals surface area contributed by atoms with Crippen molar-refractivity contribution in [2.45, 2.75) is 33.1 Å². The first-order valence-electron chi connectivity index (χ1n) is 8.36. The molecule has 25 heavy (non-hydrogen) atoms. The largest absolute Gasteiger partial charge is 0.366 e. The van der Waals surface area contributed by atoms with E-state index < -0.39 is 5.91 Å².